The molecule has 0 bridgehead atoms. The molecule has 0 aliphatic heterocycles. The number of fused-ring (bicyclic) bond motifs is 10. The van der Waals surface area contributed by atoms with Crippen LogP contribution in [0.4, 0.5) is 0 Å². The number of hydrogen-bond acceptors (Lipinski definition) is 0. The molecule has 2 nitrogen and oxygen atoms in total. The summed E-state index contributed by atoms with van der Waals surface area (Å²) in [5.74, 6) is 0. The van der Waals surface area contributed by atoms with E-state index in [1.54, 1.807) is 0 Å². The lowest BCUT2D eigenvalue weighted by atomic mass is 9.83. The largest absolute Gasteiger partial charge is 0.310 e. The van der Waals surface area contributed by atoms with Gasteiger partial charge in [-0.05, 0) is 140 Å². The summed E-state index contributed by atoms with van der Waals surface area (Å²) in [4.78, 5) is 0. The van der Waals surface area contributed by atoms with E-state index in [9.17, 15) is 0 Å². The van der Waals surface area contributed by atoms with Crippen LogP contribution in [0.2, 0.25) is 0 Å². The van der Waals surface area contributed by atoms with Gasteiger partial charge in [0.05, 0.1) is 22.1 Å². The number of hydrogen-bond donors (Lipinski definition) is 0. The second-order valence-electron chi connectivity index (χ2n) is 19.3. The lowest BCUT2D eigenvalue weighted by molar-refractivity contribution is 0.590. The average Bonchev–Trinajstić information content (AvgIpc) is 3.62. The highest BCUT2D eigenvalue weighted by Gasteiger charge is 2.26. The highest BCUT2D eigenvalue weighted by molar-refractivity contribution is 6.15. The predicted molar refractivity (Wildman–Crippen MR) is 262 cm³/mol. The van der Waals surface area contributed by atoms with Crippen molar-refractivity contribution >= 4 is 49.3 Å². The Morgan fingerprint density at radius 1 is 0.459 bits per heavy atom. The lowest BCUT2D eigenvalue weighted by Crippen LogP contribution is -2.10. The summed E-state index contributed by atoms with van der Waals surface area (Å²) < 4.78 is 5.03. The number of benzene rings is 7. The van der Waals surface area contributed by atoms with E-state index in [-0.39, 0.29) is 10.8 Å². The second kappa shape index (κ2) is 14.0. The predicted octanol–water partition coefficient (Wildman–Crippen LogP) is 15.9. The first-order valence-electron chi connectivity index (χ1n) is 22.0. The molecule has 2 aromatic heterocycles. The number of aromatic nitrogens is 2. The van der Waals surface area contributed by atoms with Gasteiger partial charge in [0.2, 0.25) is 0 Å². The van der Waals surface area contributed by atoms with Gasteiger partial charge in [-0.2, -0.15) is 0 Å². The highest BCUT2D eigenvalue weighted by atomic mass is 15.0. The van der Waals surface area contributed by atoms with Crippen LogP contribution in [0.5, 0.6) is 0 Å². The molecule has 0 unspecified atom stereocenters. The molecule has 0 saturated carbocycles. The van der Waals surface area contributed by atoms with Crippen molar-refractivity contribution in [2.75, 3.05) is 0 Å². The third kappa shape index (κ3) is 6.23. The Morgan fingerprint density at radius 2 is 1.05 bits per heavy atom. The maximum absolute atomic E-state index is 2.53. The summed E-state index contributed by atoms with van der Waals surface area (Å²) >= 11 is 0. The van der Waals surface area contributed by atoms with E-state index < -0.39 is 0 Å². The molecule has 0 radical (unpaired) electrons. The van der Waals surface area contributed by atoms with E-state index in [4.69, 9.17) is 0 Å². The van der Waals surface area contributed by atoms with Gasteiger partial charge in [-0.15, -0.1) is 0 Å². The van der Waals surface area contributed by atoms with Crippen LogP contribution in [0.15, 0.2) is 170 Å². The molecule has 0 atom stereocenters. The summed E-state index contributed by atoms with van der Waals surface area (Å²) in [6, 6.07) is 53.3. The molecule has 2 heterocycles. The summed E-state index contributed by atoms with van der Waals surface area (Å²) in [5.41, 5.74) is 21.0. The van der Waals surface area contributed by atoms with Crippen LogP contribution in [0.1, 0.15) is 70.2 Å². The Balaban J connectivity index is 1.11. The number of nitrogens with zero attached hydrogens (tertiary/aromatic N) is 2. The van der Waals surface area contributed by atoms with Gasteiger partial charge in [0.1, 0.15) is 0 Å². The van der Waals surface area contributed by atoms with Crippen molar-refractivity contribution in [3.05, 3.63) is 192 Å². The van der Waals surface area contributed by atoms with Gasteiger partial charge < -0.3 is 9.13 Å². The van der Waals surface area contributed by atoms with Crippen LogP contribution < -0.4 is 0 Å². The average molecular weight is 789 g/mol. The topological polar surface area (TPSA) is 9.86 Å². The molecule has 61 heavy (non-hydrogen) atoms. The van der Waals surface area contributed by atoms with E-state index in [1.165, 1.54) is 111 Å². The van der Waals surface area contributed by atoms with Crippen LogP contribution in [0.3, 0.4) is 0 Å². The van der Waals surface area contributed by atoms with Crippen LogP contribution in [-0.2, 0) is 23.7 Å². The normalized spacial score (nSPS) is 14.2. The molecule has 11 rings (SSSR count). The van der Waals surface area contributed by atoms with Gasteiger partial charge in [0.15, 0.2) is 0 Å². The third-order valence-corrected chi connectivity index (χ3v) is 13.4. The zero-order chi connectivity index (χ0) is 41.6. The fourth-order valence-corrected chi connectivity index (χ4v) is 10.1. The van der Waals surface area contributed by atoms with E-state index in [0.29, 0.717) is 0 Å². The van der Waals surface area contributed by atoms with Crippen molar-refractivity contribution in [3.8, 4) is 39.1 Å². The van der Waals surface area contributed by atoms with Crippen molar-refractivity contribution in [1.29, 1.82) is 0 Å². The molecule has 0 amide bonds. The molecule has 2 aliphatic carbocycles. The van der Waals surface area contributed by atoms with Crippen LogP contribution >= 0.6 is 0 Å². The molecule has 0 N–H and O–H groups in total. The Labute approximate surface area is 359 Å². The summed E-state index contributed by atoms with van der Waals surface area (Å²) in [6.07, 6.45) is 14.1. The highest BCUT2D eigenvalue weighted by Crippen LogP contribution is 2.46. The molecule has 0 saturated heterocycles. The Bertz CT molecular complexity index is 3290. The quantitative estimate of drug-likeness (QED) is 0.168. The van der Waals surface area contributed by atoms with Gasteiger partial charge in [-0.1, -0.05) is 157 Å². The number of para-hydroxylation sites is 1. The van der Waals surface area contributed by atoms with Gasteiger partial charge in [-0.3, -0.25) is 0 Å². The molecule has 2 aliphatic rings. The fraction of sp³-hybridized carbons (Fsp3) is 0.186. The maximum Gasteiger partial charge on any atom is 0.0579 e. The lowest BCUT2D eigenvalue weighted by Gasteiger charge is -2.23. The van der Waals surface area contributed by atoms with Gasteiger partial charge in [-0.25, -0.2) is 0 Å². The second-order valence-corrected chi connectivity index (χ2v) is 19.3. The minimum Gasteiger partial charge on any atom is -0.310 e. The van der Waals surface area contributed by atoms with E-state index in [0.717, 1.165) is 19.3 Å². The Morgan fingerprint density at radius 3 is 1.69 bits per heavy atom. The number of allylic oxidation sites excluding steroid dienone is 6. The van der Waals surface area contributed by atoms with Gasteiger partial charge in [0, 0.05) is 32.9 Å². The fourth-order valence-electron chi connectivity index (χ4n) is 10.1. The molecule has 9 aromatic rings. The minimum absolute atomic E-state index is 0.120. The molecule has 298 valence electrons. The SMILES string of the molecule is CC(C)(C)c1ccc(-c2ccc3c(c2)c2cc4c(cc2n3C2=CCC=CC=C2)-c2ccc3c5cc(-c6ccc(C(C)(C)C)cc6)ccc5n(-c5ccccc5)c3c2CC4)cc1. The van der Waals surface area contributed by atoms with Gasteiger partial charge >= 0.3 is 0 Å². The van der Waals surface area contributed by atoms with Crippen molar-refractivity contribution in [2.24, 2.45) is 0 Å². The standard InChI is InChI=1S/C59H52N2/c1-58(2,3)43-25-18-38(19-26-43)40-24-33-55-51(34-40)49-31-30-47-48(57(49)61(55)46-16-12-9-13-17-46)29-22-42-36-53-52-35-41(39-20-27-44(28-21-39)59(4,5)6)23-32-54(52)60(56(53)37-50(42)47)45-14-10-7-8-11-15-45/h7-10,12-21,23-28,30-37H,11,22,29H2,1-6H3. The molecule has 2 heteroatoms. The zero-order valence-corrected chi connectivity index (χ0v) is 36.2. The first kappa shape index (κ1) is 37.4. The van der Waals surface area contributed by atoms with Crippen molar-refractivity contribution in [2.45, 2.75) is 71.6 Å². The smallest absolute Gasteiger partial charge is 0.0579 e. The summed E-state index contributed by atoms with van der Waals surface area (Å²) in [5, 5.41) is 5.23. The molecular formula is C59H52N2. The number of rotatable bonds is 4. The van der Waals surface area contributed by atoms with Gasteiger partial charge in [0.25, 0.3) is 0 Å². The van der Waals surface area contributed by atoms with Crippen LogP contribution in [-0.4, -0.2) is 9.13 Å². The minimum atomic E-state index is 0.120. The molecule has 7 aromatic carbocycles. The molecular weight excluding hydrogens is 737 g/mol. The van der Waals surface area contributed by atoms with Crippen LogP contribution in [0.25, 0.3) is 88.4 Å². The van der Waals surface area contributed by atoms with E-state index >= 15 is 0 Å². The van der Waals surface area contributed by atoms with Crippen molar-refractivity contribution in [1.82, 2.24) is 9.13 Å². The van der Waals surface area contributed by atoms with Crippen LogP contribution in [0, 0.1) is 0 Å². The first-order chi connectivity index (χ1) is 29.5. The van der Waals surface area contributed by atoms with E-state index in [2.05, 4.69) is 221 Å². The van der Waals surface area contributed by atoms with Crippen molar-refractivity contribution in [3.63, 3.8) is 0 Å². The number of aryl methyl sites for hydroxylation is 2. The third-order valence-electron chi connectivity index (χ3n) is 13.4. The first-order valence-corrected chi connectivity index (χ1v) is 22.0. The monoisotopic (exact) mass is 788 g/mol. The molecule has 0 spiro atoms. The zero-order valence-electron chi connectivity index (χ0n) is 36.2. The van der Waals surface area contributed by atoms with Crippen molar-refractivity contribution < 1.29 is 0 Å². The summed E-state index contributed by atoms with van der Waals surface area (Å²) in [7, 11) is 0. The van der Waals surface area contributed by atoms with E-state index in [1.807, 2.05) is 0 Å². The Hall–Kier alpha value is -6.64. The molecule has 0 fully saturated rings. The summed E-state index contributed by atoms with van der Waals surface area (Å²) in [6.45, 7) is 13.7. The Kier molecular flexibility index (Phi) is 8.55. The maximum atomic E-state index is 2.53.